The summed E-state index contributed by atoms with van der Waals surface area (Å²) < 4.78 is 25.5. The summed E-state index contributed by atoms with van der Waals surface area (Å²) >= 11 is 5.72. The van der Waals surface area contributed by atoms with Gasteiger partial charge in [0.1, 0.15) is 0 Å². The van der Waals surface area contributed by atoms with Crippen LogP contribution in [0.25, 0.3) is 0 Å². The molecule has 0 aliphatic heterocycles. The largest absolute Gasteiger partial charge is 0.333 e. The van der Waals surface area contributed by atoms with E-state index in [4.69, 9.17) is 11.6 Å². The number of aryl methyl sites for hydroxylation is 1. The van der Waals surface area contributed by atoms with Crippen LogP contribution in [0.5, 0.6) is 0 Å². The van der Waals surface area contributed by atoms with E-state index in [0.717, 1.165) is 11.1 Å². The molecule has 0 aromatic heterocycles. The van der Waals surface area contributed by atoms with Gasteiger partial charge in [-0.2, -0.15) is 8.42 Å². The predicted octanol–water partition coefficient (Wildman–Crippen LogP) is 1.37. The highest BCUT2D eigenvalue weighted by Gasteiger charge is 2.05. The van der Waals surface area contributed by atoms with Gasteiger partial charge in [-0.05, 0) is 30.2 Å². The highest BCUT2D eigenvalue weighted by atomic mass is 35.5. The summed E-state index contributed by atoms with van der Waals surface area (Å²) in [6, 6.07) is 5.09. The Kier molecular flexibility index (Phi) is 3.49. The third kappa shape index (κ3) is 3.63. The Bertz CT molecular complexity index is 430. The zero-order valence-electron chi connectivity index (χ0n) is 7.53. The van der Waals surface area contributed by atoms with Gasteiger partial charge in [-0.3, -0.25) is 4.18 Å². The minimum absolute atomic E-state index is 0.0676. The van der Waals surface area contributed by atoms with Crippen molar-refractivity contribution < 1.29 is 12.6 Å². The van der Waals surface area contributed by atoms with Crippen molar-refractivity contribution in [1.82, 2.24) is 0 Å². The Morgan fingerprint density at radius 3 is 2.64 bits per heavy atom. The average molecular weight is 236 g/mol. The maximum atomic E-state index is 10.5. The lowest BCUT2D eigenvalue weighted by molar-refractivity contribution is 0.308. The van der Waals surface area contributed by atoms with Crippen LogP contribution in [0.4, 0.5) is 0 Å². The first-order chi connectivity index (χ1) is 6.38. The molecule has 0 radical (unpaired) electrons. The first-order valence-electron chi connectivity index (χ1n) is 3.80. The SMILES string of the molecule is Cc1cc(Cl)ccc1COS(N)(=O)=O. The summed E-state index contributed by atoms with van der Waals surface area (Å²) in [5, 5.41) is 5.29. The van der Waals surface area contributed by atoms with Gasteiger partial charge >= 0.3 is 10.3 Å². The van der Waals surface area contributed by atoms with Crippen LogP contribution in [0.3, 0.4) is 0 Å². The van der Waals surface area contributed by atoms with Gasteiger partial charge in [0.15, 0.2) is 0 Å². The second-order valence-corrected chi connectivity index (χ2v) is 4.48. The number of hydrogen-bond donors (Lipinski definition) is 1. The molecule has 0 saturated heterocycles. The molecule has 0 saturated carbocycles. The van der Waals surface area contributed by atoms with Gasteiger partial charge in [0.25, 0.3) is 0 Å². The van der Waals surface area contributed by atoms with Gasteiger partial charge in [-0.1, -0.05) is 17.7 Å². The molecule has 0 fully saturated rings. The van der Waals surface area contributed by atoms with Crippen molar-refractivity contribution in [3.8, 4) is 0 Å². The molecule has 1 rings (SSSR count). The van der Waals surface area contributed by atoms with E-state index in [1.165, 1.54) is 0 Å². The van der Waals surface area contributed by atoms with Crippen LogP contribution in [-0.2, 0) is 21.1 Å². The van der Waals surface area contributed by atoms with Crippen LogP contribution in [-0.4, -0.2) is 8.42 Å². The fourth-order valence-electron chi connectivity index (χ4n) is 0.967. The van der Waals surface area contributed by atoms with Gasteiger partial charge < -0.3 is 0 Å². The van der Waals surface area contributed by atoms with Crippen LogP contribution >= 0.6 is 11.6 Å². The quantitative estimate of drug-likeness (QED) is 0.860. The zero-order valence-corrected chi connectivity index (χ0v) is 9.10. The van der Waals surface area contributed by atoms with Crippen molar-refractivity contribution in [2.75, 3.05) is 0 Å². The molecule has 6 heteroatoms. The minimum Gasteiger partial charge on any atom is -0.253 e. The smallest absolute Gasteiger partial charge is 0.253 e. The Morgan fingerprint density at radius 2 is 2.14 bits per heavy atom. The number of hydrogen-bond acceptors (Lipinski definition) is 3. The Hall–Kier alpha value is -0.620. The second kappa shape index (κ2) is 4.27. The molecule has 0 aliphatic carbocycles. The van der Waals surface area contributed by atoms with Crippen molar-refractivity contribution >= 4 is 21.9 Å². The third-order valence-electron chi connectivity index (χ3n) is 1.68. The average Bonchev–Trinajstić information content (AvgIpc) is 2.00. The Balaban J connectivity index is 2.78. The van der Waals surface area contributed by atoms with E-state index in [1.807, 2.05) is 6.92 Å². The normalized spacial score (nSPS) is 11.6. The highest BCUT2D eigenvalue weighted by Crippen LogP contribution is 2.16. The van der Waals surface area contributed by atoms with E-state index in [1.54, 1.807) is 18.2 Å². The van der Waals surface area contributed by atoms with Gasteiger partial charge in [0.05, 0.1) is 6.61 Å². The molecule has 2 N–H and O–H groups in total. The van der Waals surface area contributed by atoms with E-state index in [-0.39, 0.29) is 6.61 Å². The monoisotopic (exact) mass is 235 g/mol. The van der Waals surface area contributed by atoms with Gasteiger partial charge in [-0.25, -0.2) is 5.14 Å². The van der Waals surface area contributed by atoms with Crippen molar-refractivity contribution in [1.29, 1.82) is 0 Å². The lowest BCUT2D eigenvalue weighted by Crippen LogP contribution is -2.15. The number of rotatable bonds is 3. The summed E-state index contributed by atoms with van der Waals surface area (Å²) in [4.78, 5) is 0. The fraction of sp³-hybridized carbons (Fsp3) is 0.250. The molecule has 0 spiro atoms. The van der Waals surface area contributed by atoms with Crippen molar-refractivity contribution in [2.24, 2.45) is 5.14 Å². The maximum absolute atomic E-state index is 10.5. The predicted molar refractivity (Wildman–Crippen MR) is 54.1 cm³/mol. The number of halogens is 1. The maximum Gasteiger partial charge on any atom is 0.333 e. The molecule has 14 heavy (non-hydrogen) atoms. The van der Waals surface area contributed by atoms with Crippen LogP contribution < -0.4 is 5.14 Å². The molecule has 78 valence electrons. The fourth-order valence-corrected chi connectivity index (χ4v) is 1.48. The molecule has 0 heterocycles. The van der Waals surface area contributed by atoms with E-state index in [9.17, 15) is 8.42 Å². The molecule has 1 aromatic rings. The van der Waals surface area contributed by atoms with Gasteiger partial charge in [0.2, 0.25) is 0 Å². The van der Waals surface area contributed by atoms with E-state index >= 15 is 0 Å². The summed E-state index contributed by atoms with van der Waals surface area (Å²) in [5.74, 6) is 0. The number of benzene rings is 1. The zero-order chi connectivity index (χ0) is 10.8. The summed E-state index contributed by atoms with van der Waals surface area (Å²) in [7, 11) is -3.88. The summed E-state index contributed by atoms with van der Waals surface area (Å²) in [6.07, 6.45) is 0. The Morgan fingerprint density at radius 1 is 1.50 bits per heavy atom. The van der Waals surface area contributed by atoms with Crippen molar-refractivity contribution in [3.63, 3.8) is 0 Å². The lowest BCUT2D eigenvalue weighted by atomic mass is 10.1. The van der Waals surface area contributed by atoms with Crippen molar-refractivity contribution in [2.45, 2.75) is 13.5 Å². The molecule has 0 amide bonds. The Labute approximate surface area is 87.9 Å². The topological polar surface area (TPSA) is 69.4 Å². The first-order valence-corrected chi connectivity index (χ1v) is 5.65. The summed E-state index contributed by atoms with van der Waals surface area (Å²) in [6.45, 7) is 1.75. The van der Waals surface area contributed by atoms with E-state index < -0.39 is 10.3 Å². The van der Waals surface area contributed by atoms with E-state index in [2.05, 4.69) is 9.32 Å². The van der Waals surface area contributed by atoms with Crippen LogP contribution in [0.15, 0.2) is 18.2 Å². The molecule has 1 aromatic carbocycles. The molecule has 0 atom stereocenters. The molecule has 0 bridgehead atoms. The van der Waals surface area contributed by atoms with E-state index in [0.29, 0.717) is 5.02 Å². The molecule has 0 unspecified atom stereocenters. The van der Waals surface area contributed by atoms with Gasteiger partial charge in [-0.15, -0.1) is 0 Å². The molecular weight excluding hydrogens is 226 g/mol. The molecular formula is C8H10ClNO3S. The van der Waals surface area contributed by atoms with Crippen molar-refractivity contribution in [3.05, 3.63) is 34.3 Å². The second-order valence-electron chi connectivity index (χ2n) is 2.83. The van der Waals surface area contributed by atoms with Gasteiger partial charge in [0, 0.05) is 5.02 Å². The van der Waals surface area contributed by atoms with Crippen LogP contribution in [0, 0.1) is 6.92 Å². The molecule has 4 nitrogen and oxygen atoms in total. The summed E-state index contributed by atoms with van der Waals surface area (Å²) in [5.41, 5.74) is 1.60. The third-order valence-corrected chi connectivity index (χ3v) is 2.36. The molecule has 0 aliphatic rings. The standard InChI is InChI=1S/C8H10ClNO3S/c1-6-4-8(9)3-2-7(6)5-13-14(10,11)12/h2-4H,5H2,1H3,(H2,10,11,12). The highest BCUT2D eigenvalue weighted by molar-refractivity contribution is 7.84. The minimum atomic E-state index is -3.88. The van der Waals surface area contributed by atoms with Crippen LogP contribution in [0.1, 0.15) is 11.1 Å². The lowest BCUT2D eigenvalue weighted by Gasteiger charge is -2.05. The number of nitrogens with two attached hydrogens (primary N) is 1. The first kappa shape index (κ1) is 11.5. The van der Waals surface area contributed by atoms with Crippen LogP contribution in [0.2, 0.25) is 5.02 Å².